The van der Waals surface area contributed by atoms with Crippen molar-refractivity contribution < 1.29 is 19.1 Å². The lowest BCUT2D eigenvalue weighted by Gasteiger charge is -2.37. The molecule has 0 radical (unpaired) electrons. The van der Waals surface area contributed by atoms with Crippen LogP contribution in [0.15, 0.2) is 10.7 Å². The zero-order chi connectivity index (χ0) is 17.9. The third-order valence-corrected chi connectivity index (χ3v) is 5.21. The molecule has 1 aromatic rings. The zero-order valence-corrected chi connectivity index (χ0v) is 15.1. The second-order valence-corrected chi connectivity index (χ2v) is 8.08. The van der Waals surface area contributed by atoms with Gasteiger partial charge in [0.2, 0.25) is 0 Å². The Labute approximate surface area is 143 Å². The number of hydrogen-bond donors (Lipinski definition) is 2. The number of amides is 1. The molecular formula is C19H29NO4. The van der Waals surface area contributed by atoms with Crippen LogP contribution in [0, 0.1) is 24.2 Å². The summed E-state index contributed by atoms with van der Waals surface area (Å²) < 4.78 is 5.23. The second kappa shape index (κ2) is 7.41. The predicted octanol–water partition coefficient (Wildman–Crippen LogP) is 3.80. The van der Waals surface area contributed by atoms with Crippen LogP contribution in [0.4, 0.5) is 0 Å². The molecule has 1 amide bonds. The third-order valence-electron chi connectivity index (χ3n) is 5.21. The van der Waals surface area contributed by atoms with Crippen LogP contribution in [0.3, 0.4) is 0 Å². The molecule has 0 atom stereocenters. The molecule has 1 heterocycles. The van der Waals surface area contributed by atoms with Gasteiger partial charge in [-0.1, -0.05) is 20.8 Å². The van der Waals surface area contributed by atoms with Crippen LogP contribution >= 0.6 is 0 Å². The summed E-state index contributed by atoms with van der Waals surface area (Å²) in [5, 5.41) is 11.9. The molecule has 0 unspecified atom stereocenters. The smallest absolute Gasteiger partial charge is 0.311 e. The normalized spacial score (nSPS) is 21.5. The Hall–Kier alpha value is -1.78. The Balaban J connectivity index is 1.89. The van der Waals surface area contributed by atoms with E-state index in [1.54, 1.807) is 6.92 Å². The monoisotopic (exact) mass is 335 g/mol. The molecule has 1 fully saturated rings. The van der Waals surface area contributed by atoms with E-state index >= 15 is 0 Å². The van der Waals surface area contributed by atoms with Crippen molar-refractivity contribution in [1.29, 1.82) is 0 Å². The van der Waals surface area contributed by atoms with Crippen LogP contribution in [0.25, 0.3) is 0 Å². The van der Waals surface area contributed by atoms with E-state index in [-0.39, 0.29) is 18.1 Å². The van der Waals surface area contributed by atoms with Crippen molar-refractivity contribution in [3.8, 4) is 0 Å². The van der Waals surface area contributed by atoms with Crippen LogP contribution < -0.4 is 5.32 Å². The molecule has 2 rings (SSSR count). The van der Waals surface area contributed by atoms with Gasteiger partial charge in [0.25, 0.3) is 5.91 Å². The van der Waals surface area contributed by atoms with Crippen molar-refractivity contribution in [1.82, 2.24) is 5.32 Å². The number of aliphatic carboxylic acids is 1. The van der Waals surface area contributed by atoms with Crippen molar-refractivity contribution in [2.45, 2.75) is 59.8 Å². The summed E-state index contributed by atoms with van der Waals surface area (Å²) in [6.07, 6.45) is 5.86. The number of hydrogen-bond acceptors (Lipinski definition) is 3. The minimum absolute atomic E-state index is 0.226. The van der Waals surface area contributed by atoms with E-state index < -0.39 is 5.97 Å². The van der Waals surface area contributed by atoms with E-state index in [2.05, 4.69) is 26.1 Å². The highest BCUT2D eigenvalue weighted by Crippen LogP contribution is 2.39. The maximum Gasteiger partial charge on any atom is 0.311 e. The van der Waals surface area contributed by atoms with Gasteiger partial charge in [-0.15, -0.1) is 0 Å². The SMILES string of the molecule is Cc1coc(CC(=O)O)c1C(=O)NCC1CCC(C(C)(C)C)CC1. The first-order valence-electron chi connectivity index (χ1n) is 8.75. The Morgan fingerprint density at radius 2 is 1.88 bits per heavy atom. The number of carboxylic acid groups (broad SMARTS) is 1. The minimum Gasteiger partial charge on any atom is -0.481 e. The van der Waals surface area contributed by atoms with Crippen LogP contribution in [0.5, 0.6) is 0 Å². The molecule has 0 spiro atoms. The highest BCUT2D eigenvalue weighted by Gasteiger charge is 2.30. The van der Waals surface area contributed by atoms with Crippen molar-refractivity contribution in [3.63, 3.8) is 0 Å². The molecule has 0 aromatic carbocycles. The zero-order valence-electron chi connectivity index (χ0n) is 15.1. The standard InChI is InChI=1S/C19H29NO4/c1-12-11-24-15(9-16(21)22)17(12)18(23)20-10-13-5-7-14(8-6-13)19(2,3)4/h11,13-14H,5-10H2,1-4H3,(H,20,23)(H,21,22). The summed E-state index contributed by atoms with van der Waals surface area (Å²) in [6.45, 7) is 9.30. The molecule has 1 aromatic heterocycles. The number of carboxylic acids is 1. The van der Waals surface area contributed by atoms with E-state index in [4.69, 9.17) is 9.52 Å². The first-order valence-corrected chi connectivity index (χ1v) is 8.75. The quantitative estimate of drug-likeness (QED) is 0.858. The summed E-state index contributed by atoms with van der Waals surface area (Å²) >= 11 is 0. The van der Waals surface area contributed by atoms with E-state index in [0.717, 1.165) is 18.8 Å². The molecule has 5 nitrogen and oxygen atoms in total. The van der Waals surface area contributed by atoms with Crippen LogP contribution in [0.2, 0.25) is 0 Å². The molecule has 1 saturated carbocycles. The Morgan fingerprint density at radius 1 is 1.25 bits per heavy atom. The number of nitrogens with one attached hydrogen (secondary N) is 1. The van der Waals surface area contributed by atoms with Gasteiger partial charge in [0, 0.05) is 12.1 Å². The Kier molecular flexibility index (Phi) is 5.73. The maximum absolute atomic E-state index is 12.4. The van der Waals surface area contributed by atoms with Crippen LogP contribution in [-0.4, -0.2) is 23.5 Å². The van der Waals surface area contributed by atoms with Crippen molar-refractivity contribution in [2.75, 3.05) is 6.54 Å². The summed E-state index contributed by atoms with van der Waals surface area (Å²) in [5.74, 6) is 0.258. The second-order valence-electron chi connectivity index (χ2n) is 8.08. The average molecular weight is 335 g/mol. The number of furan rings is 1. The van der Waals surface area contributed by atoms with Gasteiger partial charge in [0.1, 0.15) is 12.2 Å². The fourth-order valence-electron chi connectivity index (χ4n) is 3.63. The molecule has 0 saturated heterocycles. The van der Waals surface area contributed by atoms with Crippen molar-refractivity contribution >= 4 is 11.9 Å². The van der Waals surface area contributed by atoms with E-state index in [1.165, 1.54) is 19.1 Å². The van der Waals surface area contributed by atoms with Crippen molar-refractivity contribution in [2.24, 2.45) is 17.3 Å². The van der Waals surface area contributed by atoms with E-state index in [0.29, 0.717) is 29.0 Å². The highest BCUT2D eigenvalue weighted by atomic mass is 16.4. The summed E-state index contributed by atoms with van der Waals surface area (Å²) in [6, 6.07) is 0. The number of aryl methyl sites for hydroxylation is 1. The first kappa shape index (κ1) is 18.6. The van der Waals surface area contributed by atoms with Gasteiger partial charge >= 0.3 is 5.97 Å². The summed E-state index contributed by atoms with van der Waals surface area (Å²) in [7, 11) is 0. The topological polar surface area (TPSA) is 79.5 Å². The minimum atomic E-state index is -1.00. The average Bonchev–Trinajstić information content (AvgIpc) is 2.84. The van der Waals surface area contributed by atoms with Gasteiger partial charge in [0.15, 0.2) is 0 Å². The molecule has 0 aliphatic heterocycles. The largest absolute Gasteiger partial charge is 0.481 e. The van der Waals surface area contributed by atoms with Crippen LogP contribution in [-0.2, 0) is 11.2 Å². The van der Waals surface area contributed by atoms with Gasteiger partial charge in [-0.3, -0.25) is 9.59 Å². The molecule has 1 aliphatic rings. The predicted molar refractivity (Wildman–Crippen MR) is 92.0 cm³/mol. The van der Waals surface area contributed by atoms with E-state index in [9.17, 15) is 9.59 Å². The number of carbonyl (C=O) groups is 2. The Morgan fingerprint density at radius 3 is 2.42 bits per heavy atom. The van der Waals surface area contributed by atoms with E-state index in [1.807, 2.05) is 0 Å². The first-order chi connectivity index (χ1) is 11.2. The molecular weight excluding hydrogens is 306 g/mol. The number of rotatable bonds is 5. The fourth-order valence-corrected chi connectivity index (χ4v) is 3.63. The third kappa shape index (κ3) is 4.62. The van der Waals surface area contributed by atoms with Crippen molar-refractivity contribution in [3.05, 3.63) is 23.2 Å². The fraction of sp³-hybridized carbons (Fsp3) is 0.684. The summed E-state index contributed by atoms with van der Waals surface area (Å²) in [4.78, 5) is 23.3. The van der Waals surface area contributed by atoms with Gasteiger partial charge in [0.05, 0.1) is 11.8 Å². The molecule has 1 aliphatic carbocycles. The van der Waals surface area contributed by atoms with Gasteiger partial charge < -0.3 is 14.8 Å². The lowest BCUT2D eigenvalue weighted by atomic mass is 9.70. The highest BCUT2D eigenvalue weighted by molar-refractivity contribution is 5.97. The summed E-state index contributed by atoms with van der Waals surface area (Å²) in [5.41, 5.74) is 1.41. The molecule has 24 heavy (non-hydrogen) atoms. The molecule has 5 heteroatoms. The Bertz CT molecular complexity index is 589. The van der Waals surface area contributed by atoms with Gasteiger partial charge in [-0.25, -0.2) is 0 Å². The lowest BCUT2D eigenvalue weighted by Crippen LogP contribution is -2.34. The molecule has 134 valence electrons. The van der Waals surface area contributed by atoms with Gasteiger partial charge in [-0.2, -0.15) is 0 Å². The van der Waals surface area contributed by atoms with Gasteiger partial charge in [-0.05, 0) is 49.9 Å². The lowest BCUT2D eigenvalue weighted by molar-refractivity contribution is -0.136. The molecule has 0 bridgehead atoms. The maximum atomic E-state index is 12.4. The number of carbonyl (C=O) groups excluding carboxylic acids is 1. The molecule has 2 N–H and O–H groups in total. The van der Waals surface area contributed by atoms with Crippen LogP contribution in [0.1, 0.15) is 68.1 Å².